The second kappa shape index (κ2) is 6.02. The van der Waals surface area contributed by atoms with Gasteiger partial charge in [-0.15, -0.1) is 0 Å². The molecule has 0 aliphatic rings. The Labute approximate surface area is 119 Å². The predicted octanol–water partition coefficient (Wildman–Crippen LogP) is 4.26. The van der Waals surface area contributed by atoms with E-state index in [1.54, 1.807) is 12.1 Å². The van der Waals surface area contributed by atoms with Crippen LogP contribution in [-0.4, -0.2) is 11.7 Å². The fourth-order valence-corrected chi connectivity index (χ4v) is 2.35. The monoisotopic (exact) mass is 270 g/mol. The van der Waals surface area contributed by atoms with Gasteiger partial charge in [-0.05, 0) is 49.1 Å². The molecule has 2 rings (SSSR count). The van der Waals surface area contributed by atoms with Crippen molar-refractivity contribution in [3.05, 3.63) is 76.1 Å². The van der Waals surface area contributed by atoms with Crippen molar-refractivity contribution in [3.8, 4) is 0 Å². The molecule has 2 aromatic carbocycles. The number of aliphatic hydroxyl groups is 1. The highest BCUT2D eigenvalue weighted by atomic mass is 19.1. The fourth-order valence-electron chi connectivity index (χ4n) is 2.35. The highest BCUT2D eigenvalue weighted by Gasteiger charge is 2.14. The van der Waals surface area contributed by atoms with E-state index < -0.39 is 0 Å². The van der Waals surface area contributed by atoms with Crippen molar-refractivity contribution >= 4 is 5.57 Å². The Morgan fingerprint density at radius 1 is 1.05 bits per heavy atom. The van der Waals surface area contributed by atoms with Gasteiger partial charge in [0.15, 0.2) is 0 Å². The molecule has 0 aromatic heterocycles. The molecular weight excluding hydrogens is 251 g/mol. The van der Waals surface area contributed by atoms with Crippen LogP contribution in [0, 0.1) is 19.7 Å². The summed E-state index contributed by atoms with van der Waals surface area (Å²) >= 11 is 0. The molecule has 0 aliphatic heterocycles. The van der Waals surface area contributed by atoms with Gasteiger partial charge < -0.3 is 5.11 Å². The summed E-state index contributed by atoms with van der Waals surface area (Å²) in [5.74, 6) is -0.267. The normalized spacial score (nSPS) is 12.2. The van der Waals surface area contributed by atoms with E-state index in [1.807, 2.05) is 45.0 Å². The summed E-state index contributed by atoms with van der Waals surface area (Å²) in [5.41, 5.74) is 5.25. The smallest absolute Gasteiger partial charge is 0.131 e. The van der Waals surface area contributed by atoms with Crippen molar-refractivity contribution in [1.29, 1.82) is 0 Å². The highest BCUT2D eigenvalue weighted by Crippen LogP contribution is 2.31. The minimum Gasteiger partial charge on any atom is -0.392 e. The maximum atomic E-state index is 14.1. The van der Waals surface area contributed by atoms with Gasteiger partial charge in [-0.2, -0.15) is 0 Å². The van der Waals surface area contributed by atoms with Gasteiger partial charge in [-0.3, -0.25) is 0 Å². The van der Waals surface area contributed by atoms with Crippen LogP contribution in [-0.2, 0) is 0 Å². The van der Waals surface area contributed by atoms with E-state index in [9.17, 15) is 9.50 Å². The first-order chi connectivity index (χ1) is 9.54. The van der Waals surface area contributed by atoms with E-state index >= 15 is 0 Å². The predicted molar refractivity (Wildman–Crippen MR) is 81.1 cm³/mol. The lowest BCUT2D eigenvalue weighted by atomic mass is 9.89. The molecule has 0 aliphatic carbocycles. The van der Waals surface area contributed by atoms with Crippen molar-refractivity contribution in [2.24, 2.45) is 0 Å². The lowest BCUT2D eigenvalue weighted by Gasteiger charge is -2.16. The number of benzene rings is 2. The standard InChI is InChI=1S/C18H19FO/c1-12-8-9-13(2)16(10-12)18(14(3)11-20)15-6-4-5-7-17(15)19/h4-10,20H,11H2,1-3H3/b18-14+. The van der Waals surface area contributed by atoms with Crippen LogP contribution in [0.5, 0.6) is 0 Å². The molecule has 104 valence electrons. The molecule has 0 heterocycles. The van der Waals surface area contributed by atoms with Crippen LogP contribution in [0.4, 0.5) is 4.39 Å². The van der Waals surface area contributed by atoms with Crippen molar-refractivity contribution in [2.75, 3.05) is 6.61 Å². The van der Waals surface area contributed by atoms with E-state index in [4.69, 9.17) is 0 Å². The second-order valence-corrected chi connectivity index (χ2v) is 5.11. The van der Waals surface area contributed by atoms with Crippen LogP contribution in [0.3, 0.4) is 0 Å². The summed E-state index contributed by atoms with van der Waals surface area (Å²) in [6.07, 6.45) is 0. The molecular formula is C18H19FO. The molecule has 0 saturated heterocycles. The van der Waals surface area contributed by atoms with Crippen molar-refractivity contribution < 1.29 is 9.50 Å². The fraction of sp³-hybridized carbons (Fsp3) is 0.222. The van der Waals surface area contributed by atoms with E-state index in [0.29, 0.717) is 5.56 Å². The molecule has 0 spiro atoms. The summed E-state index contributed by atoms with van der Waals surface area (Å²) in [6.45, 7) is 5.76. The molecule has 0 unspecified atom stereocenters. The van der Waals surface area contributed by atoms with Gasteiger partial charge in [-0.1, -0.05) is 42.0 Å². The number of halogens is 1. The molecule has 0 atom stereocenters. The Bertz CT molecular complexity index is 656. The maximum Gasteiger partial charge on any atom is 0.131 e. The molecule has 0 fully saturated rings. The van der Waals surface area contributed by atoms with Crippen molar-refractivity contribution in [2.45, 2.75) is 20.8 Å². The van der Waals surface area contributed by atoms with E-state index in [2.05, 4.69) is 0 Å². The molecule has 0 saturated carbocycles. The zero-order chi connectivity index (χ0) is 14.7. The minimum atomic E-state index is -0.267. The van der Waals surface area contributed by atoms with Crippen LogP contribution >= 0.6 is 0 Å². The molecule has 1 N–H and O–H groups in total. The average Bonchev–Trinajstić information content (AvgIpc) is 2.44. The quantitative estimate of drug-likeness (QED) is 0.883. The SMILES string of the molecule is C/C(CO)=C(\c1cc(C)ccc1C)c1ccccc1F. The number of aryl methyl sites for hydroxylation is 2. The number of hydrogen-bond donors (Lipinski definition) is 1. The lowest BCUT2D eigenvalue weighted by Crippen LogP contribution is -2.00. The largest absolute Gasteiger partial charge is 0.392 e. The summed E-state index contributed by atoms with van der Waals surface area (Å²) in [6, 6.07) is 12.8. The zero-order valence-electron chi connectivity index (χ0n) is 12.1. The Morgan fingerprint density at radius 2 is 1.75 bits per heavy atom. The summed E-state index contributed by atoms with van der Waals surface area (Å²) in [5, 5.41) is 9.50. The van der Waals surface area contributed by atoms with E-state index in [1.165, 1.54) is 6.07 Å². The first-order valence-electron chi connectivity index (χ1n) is 6.67. The topological polar surface area (TPSA) is 20.2 Å². The third-order valence-corrected chi connectivity index (χ3v) is 3.47. The molecule has 2 heteroatoms. The Hall–Kier alpha value is -1.93. The summed E-state index contributed by atoms with van der Waals surface area (Å²) in [7, 11) is 0. The molecule has 2 aromatic rings. The molecule has 1 nitrogen and oxygen atoms in total. The van der Waals surface area contributed by atoms with Crippen LogP contribution < -0.4 is 0 Å². The highest BCUT2D eigenvalue weighted by molar-refractivity contribution is 5.84. The molecule has 0 bridgehead atoms. The third-order valence-electron chi connectivity index (χ3n) is 3.47. The minimum absolute atomic E-state index is 0.0863. The van der Waals surface area contributed by atoms with Crippen LogP contribution in [0.25, 0.3) is 5.57 Å². The van der Waals surface area contributed by atoms with Gasteiger partial charge in [0.25, 0.3) is 0 Å². The molecule has 0 radical (unpaired) electrons. The Balaban J connectivity index is 2.74. The second-order valence-electron chi connectivity index (χ2n) is 5.11. The molecule has 0 amide bonds. The van der Waals surface area contributed by atoms with Gasteiger partial charge >= 0.3 is 0 Å². The average molecular weight is 270 g/mol. The van der Waals surface area contributed by atoms with Gasteiger partial charge in [-0.25, -0.2) is 4.39 Å². The van der Waals surface area contributed by atoms with Gasteiger partial charge in [0, 0.05) is 5.56 Å². The Morgan fingerprint density at radius 3 is 2.40 bits per heavy atom. The summed E-state index contributed by atoms with van der Waals surface area (Å²) < 4.78 is 14.1. The Kier molecular flexibility index (Phi) is 4.35. The number of hydrogen-bond acceptors (Lipinski definition) is 1. The van der Waals surface area contributed by atoms with E-state index in [-0.39, 0.29) is 12.4 Å². The maximum absolute atomic E-state index is 14.1. The van der Waals surface area contributed by atoms with Crippen LogP contribution in [0.15, 0.2) is 48.0 Å². The van der Waals surface area contributed by atoms with Gasteiger partial charge in [0.2, 0.25) is 0 Å². The lowest BCUT2D eigenvalue weighted by molar-refractivity contribution is 0.332. The van der Waals surface area contributed by atoms with Crippen LogP contribution in [0.1, 0.15) is 29.2 Å². The van der Waals surface area contributed by atoms with Crippen LogP contribution in [0.2, 0.25) is 0 Å². The number of rotatable bonds is 3. The summed E-state index contributed by atoms with van der Waals surface area (Å²) in [4.78, 5) is 0. The third kappa shape index (κ3) is 2.81. The van der Waals surface area contributed by atoms with Gasteiger partial charge in [0.05, 0.1) is 6.61 Å². The zero-order valence-corrected chi connectivity index (χ0v) is 12.1. The first kappa shape index (κ1) is 14.5. The van der Waals surface area contributed by atoms with Crippen molar-refractivity contribution in [1.82, 2.24) is 0 Å². The van der Waals surface area contributed by atoms with E-state index in [0.717, 1.165) is 27.8 Å². The number of aliphatic hydroxyl groups excluding tert-OH is 1. The first-order valence-corrected chi connectivity index (χ1v) is 6.67. The van der Waals surface area contributed by atoms with Gasteiger partial charge in [0.1, 0.15) is 5.82 Å². The van der Waals surface area contributed by atoms with Crippen molar-refractivity contribution in [3.63, 3.8) is 0 Å². The molecule has 20 heavy (non-hydrogen) atoms.